The highest BCUT2D eigenvalue weighted by Gasteiger charge is 2.41. The van der Waals surface area contributed by atoms with E-state index in [1.807, 2.05) is 60.7 Å². The zero-order valence-electron chi connectivity index (χ0n) is 22.6. The van der Waals surface area contributed by atoms with E-state index < -0.39 is 11.2 Å². The van der Waals surface area contributed by atoms with Crippen molar-refractivity contribution in [2.45, 2.75) is 25.8 Å². The number of carbonyl (C=O) groups is 2. The van der Waals surface area contributed by atoms with Gasteiger partial charge in [0.2, 0.25) is 5.91 Å². The van der Waals surface area contributed by atoms with Crippen molar-refractivity contribution in [3.8, 4) is 17.1 Å². The van der Waals surface area contributed by atoms with Crippen LogP contribution < -0.4 is 4.74 Å². The smallest absolute Gasteiger partial charge is 0.289 e. The molecule has 1 fully saturated rings. The van der Waals surface area contributed by atoms with Gasteiger partial charge in [0.05, 0.1) is 12.2 Å². The standard InChI is InChI=1S/C33H33FN2O4/c1-35(22-25-11-4-2-5-12-25)31(37)21-33(24-39-26-13-6-3-7-14-26)19-10-20-36(23-33)32(38)30-18-17-29(40-30)27-15-8-9-16-28(27)34/h2-9,11-18H,10,19-24H2,1H3/t33-/m1/s1. The number of carbonyl (C=O) groups excluding carboxylic acids is 2. The second kappa shape index (κ2) is 12.2. The first-order chi connectivity index (χ1) is 19.4. The Hall–Kier alpha value is -4.39. The van der Waals surface area contributed by atoms with Gasteiger partial charge in [0.1, 0.15) is 17.3 Å². The average Bonchev–Trinajstić information content (AvgIpc) is 3.47. The minimum atomic E-state index is -0.577. The molecule has 7 heteroatoms. The molecule has 2 amide bonds. The van der Waals surface area contributed by atoms with E-state index in [-0.39, 0.29) is 24.0 Å². The largest absolute Gasteiger partial charge is 0.493 e. The number of benzene rings is 3. The number of nitrogens with zero attached hydrogens (tertiary/aromatic N) is 2. The van der Waals surface area contributed by atoms with E-state index in [1.165, 1.54) is 6.07 Å². The topological polar surface area (TPSA) is 63.0 Å². The van der Waals surface area contributed by atoms with Crippen molar-refractivity contribution >= 4 is 11.8 Å². The molecular weight excluding hydrogens is 507 g/mol. The summed E-state index contributed by atoms with van der Waals surface area (Å²) in [6, 6.07) is 28.9. The van der Waals surface area contributed by atoms with Gasteiger partial charge in [-0.15, -0.1) is 0 Å². The summed E-state index contributed by atoms with van der Waals surface area (Å²) in [5, 5.41) is 0. The lowest BCUT2D eigenvalue weighted by Crippen LogP contribution is -2.50. The molecule has 1 aromatic heterocycles. The molecule has 1 aliphatic rings. The Bertz CT molecular complexity index is 1440. The van der Waals surface area contributed by atoms with E-state index in [1.54, 1.807) is 47.2 Å². The number of piperidine rings is 1. The zero-order chi connectivity index (χ0) is 28.0. The van der Waals surface area contributed by atoms with Crippen molar-refractivity contribution in [3.05, 3.63) is 114 Å². The number of para-hydroxylation sites is 1. The van der Waals surface area contributed by atoms with Crippen LogP contribution in [0.1, 0.15) is 35.4 Å². The van der Waals surface area contributed by atoms with Gasteiger partial charge in [0.15, 0.2) is 5.76 Å². The predicted octanol–water partition coefficient (Wildman–Crippen LogP) is 6.44. The van der Waals surface area contributed by atoms with Gasteiger partial charge in [0, 0.05) is 38.5 Å². The maximum absolute atomic E-state index is 14.3. The molecule has 0 radical (unpaired) electrons. The number of hydrogen-bond donors (Lipinski definition) is 0. The normalized spacial score (nSPS) is 16.9. The molecule has 1 saturated heterocycles. The lowest BCUT2D eigenvalue weighted by Gasteiger charge is -2.42. The fraction of sp³-hybridized carbons (Fsp3) is 0.273. The van der Waals surface area contributed by atoms with Crippen molar-refractivity contribution in [1.29, 1.82) is 0 Å². The molecule has 5 rings (SSSR count). The number of amides is 2. The van der Waals surface area contributed by atoms with Crippen molar-refractivity contribution in [1.82, 2.24) is 9.80 Å². The first-order valence-electron chi connectivity index (χ1n) is 13.5. The fourth-order valence-electron chi connectivity index (χ4n) is 5.26. The van der Waals surface area contributed by atoms with Crippen molar-refractivity contribution in [2.24, 2.45) is 5.41 Å². The summed E-state index contributed by atoms with van der Waals surface area (Å²) in [7, 11) is 1.81. The van der Waals surface area contributed by atoms with E-state index in [0.29, 0.717) is 37.6 Å². The molecule has 6 nitrogen and oxygen atoms in total. The molecule has 40 heavy (non-hydrogen) atoms. The Kier molecular flexibility index (Phi) is 8.29. The van der Waals surface area contributed by atoms with Gasteiger partial charge < -0.3 is 19.0 Å². The van der Waals surface area contributed by atoms with Crippen molar-refractivity contribution in [3.63, 3.8) is 0 Å². The third-order valence-electron chi connectivity index (χ3n) is 7.41. The Morgan fingerprint density at radius 2 is 1.65 bits per heavy atom. The molecule has 206 valence electrons. The Labute approximate surface area is 234 Å². The molecule has 1 aliphatic heterocycles. The third kappa shape index (κ3) is 6.42. The predicted molar refractivity (Wildman–Crippen MR) is 151 cm³/mol. The van der Waals surface area contributed by atoms with Crippen LogP contribution in [-0.2, 0) is 11.3 Å². The zero-order valence-corrected chi connectivity index (χ0v) is 22.6. The van der Waals surface area contributed by atoms with E-state index in [0.717, 1.165) is 24.2 Å². The summed E-state index contributed by atoms with van der Waals surface area (Å²) in [6.45, 7) is 1.68. The van der Waals surface area contributed by atoms with Crippen LogP contribution >= 0.6 is 0 Å². The van der Waals surface area contributed by atoms with E-state index in [4.69, 9.17) is 9.15 Å². The SMILES string of the molecule is CN(Cc1ccccc1)C(=O)C[C@]1(COc2ccccc2)CCCN(C(=O)c2ccc(-c3ccccc3F)o2)C1. The first kappa shape index (κ1) is 27.2. The molecule has 0 bridgehead atoms. The highest BCUT2D eigenvalue weighted by atomic mass is 19.1. The quantitative estimate of drug-likeness (QED) is 0.245. The molecule has 3 aromatic carbocycles. The Morgan fingerprint density at radius 1 is 0.950 bits per heavy atom. The highest BCUT2D eigenvalue weighted by molar-refractivity contribution is 5.92. The molecule has 0 saturated carbocycles. The van der Waals surface area contributed by atoms with Crippen LogP contribution in [-0.4, -0.2) is 48.4 Å². The summed E-state index contributed by atoms with van der Waals surface area (Å²) in [5.74, 6) is 0.464. The van der Waals surface area contributed by atoms with Crippen LogP contribution in [0.5, 0.6) is 5.75 Å². The second-order valence-electron chi connectivity index (χ2n) is 10.5. The van der Waals surface area contributed by atoms with E-state index in [2.05, 4.69) is 0 Å². The Morgan fingerprint density at radius 3 is 2.40 bits per heavy atom. The number of hydrogen-bond acceptors (Lipinski definition) is 4. The minimum Gasteiger partial charge on any atom is -0.493 e. The van der Waals surface area contributed by atoms with E-state index in [9.17, 15) is 14.0 Å². The van der Waals surface area contributed by atoms with Gasteiger partial charge in [-0.2, -0.15) is 0 Å². The maximum atomic E-state index is 14.3. The number of furan rings is 1. The fourth-order valence-corrected chi connectivity index (χ4v) is 5.26. The second-order valence-corrected chi connectivity index (χ2v) is 10.5. The van der Waals surface area contributed by atoms with Crippen molar-refractivity contribution in [2.75, 3.05) is 26.7 Å². The summed E-state index contributed by atoms with van der Waals surface area (Å²) in [6.07, 6.45) is 1.71. The van der Waals surface area contributed by atoms with Gasteiger partial charge in [-0.25, -0.2) is 4.39 Å². The Balaban J connectivity index is 1.34. The van der Waals surface area contributed by atoms with Crippen LogP contribution in [0.3, 0.4) is 0 Å². The number of rotatable bonds is 9. The lowest BCUT2D eigenvalue weighted by molar-refractivity contribution is -0.134. The lowest BCUT2D eigenvalue weighted by atomic mass is 9.77. The highest BCUT2D eigenvalue weighted by Crippen LogP contribution is 2.36. The first-order valence-corrected chi connectivity index (χ1v) is 13.5. The van der Waals surface area contributed by atoms with Crippen LogP contribution in [0.15, 0.2) is 101 Å². The third-order valence-corrected chi connectivity index (χ3v) is 7.41. The molecule has 0 unspecified atom stereocenters. The molecule has 0 aliphatic carbocycles. The van der Waals surface area contributed by atoms with Crippen LogP contribution in [0.2, 0.25) is 0 Å². The van der Waals surface area contributed by atoms with Gasteiger partial charge in [0.25, 0.3) is 5.91 Å². The summed E-state index contributed by atoms with van der Waals surface area (Å²) >= 11 is 0. The van der Waals surface area contributed by atoms with Crippen LogP contribution in [0.4, 0.5) is 4.39 Å². The molecule has 1 atom stereocenters. The summed E-state index contributed by atoms with van der Waals surface area (Å²) in [5.41, 5.74) is 0.780. The van der Waals surface area contributed by atoms with Crippen molar-refractivity contribution < 1.29 is 23.1 Å². The monoisotopic (exact) mass is 540 g/mol. The van der Waals surface area contributed by atoms with Gasteiger partial charge in [-0.3, -0.25) is 9.59 Å². The number of likely N-dealkylation sites (tertiary alicyclic amines) is 1. The molecular formula is C33H33FN2O4. The van der Waals surface area contributed by atoms with Crippen LogP contribution in [0, 0.1) is 11.2 Å². The molecule has 0 N–H and O–H groups in total. The molecule has 2 heterocycles. The maximum Gasteiger partial charge on any atom is 0.289 e. The molecule has 4 aromatic rings. The summed E-state index contributed by atoms with van der Waals surface area (Å²) < 4.78 is 26.3. The minimum absolute atomic E-state index is 0.00495. The summed E-state index contributed by atoms with van der Waals surface area (Å²) in [4.78, 5) is 30.5. The van der Waals surface area contributed by atoms with Crippen LogP contribution in [0.25, 0.3) is 11.3 Å². The number of halogens is 1. The van der Waals surface area contributed by atoms with E-state index >= 15 is 0 Å². The average molecular weight is 541 g/mol. The van der Waals surface area contributed by atoms with Gasteiger partial charge >= 0.3 is 0 Å². The van der Waals surface area contributed by atoms with Gasteiger partial charge in [-0.05, 0) is 54.8 Å². The number of ether oxygens (including phenoxy) is 1. The van der Waals surface area contributed by atoms with Gasteiger partial charge in [-0.1, -0.05) is 60.7 Å². The molecule has 0 spiro atoms.